The fourth-order valence-electron chi connectivity index (χ4n) is 2.68. The molecule has 0 aliphatic heterocycles. The predicted molar refractivity (Wildman–Crippen MR) is 104 cm³/mol. The molecule has 1 aromatic carbocycles. The van der Waals surface area contributed by atoms with Crippen LogP contribution in [0.5, 0.6) is 0 Å². The quantitative estimate of drug-likeness (QED) is 0.590. The summed E-state index contributed by atoms with van der Waals surface area (Å²) in [7, 11) is 0. The summed E-state index contributed by atoms with van der Waals surface area (Å²) in [6, 6.07) is 5.83. The molecule has 0 aliphatic carbocycles. The first-order chi connectivity index (χ1) is 12.7. The average Bonchev–Trinajstić information content (AvgIpc) is 2.89. The minimum atomic E-state index is -0.589. The van der Waals surface area contributed by atoms with Gasteiger partial charge in [-0.1, -0.05) is 0 Å². The zero-order valence-electron chi connectivity index (χ0n) is 15.4. The second-order valence-electron chi connectivity index (χ2n) is 7.09. The van der Waals surface area contributed by atoms with Gasteiger partial charge in [0, 0.05) is 23.3 Å². The summed E-state index contributed by atoms with van der Waals surface area (Å²) in [4.78, 5) is 20.6. The standard InChI is InChI=1S/C19H18BrN5O2/c1-11-22-8-14(9-23-11)12-5-13(7-21)17-15(6-12)18(20)24-25(17)10-16(26)27-19(2,3)4/h5-6,8-9H,10H2,1-4H3. The molecule has 0 fully saturated rings. The Morgan fingerprint density at radius 1 is 1.26 bits per heavy atom. The van der Waals surface area contributed by atoms with E-state index in [4.69, 9.17) is 4.74 Å². The Balaban J connectivity index is 2.08. The van der Waals surface area contributed by atoms with Crippen molar-refractivity contribution in [3.8, 4) is 17.2 Å². The Hall–Kier alpha value is -2.79. The predicted octanol–water partition coefficient (Wildman–Crippen LogP) is 3.78. The molecule has 2 aromatic heterocycles. The van der Waals surface area contributed by atoms with Gasteiger partial charge in [0.15, 0.2) is 0 Å². The lowest BCUT2D eigenvalue weighted by atomic mass is 10.0. The average molecular weight is 428 g/mol. The number of aryl methyl sites for hydroxylation is 1. The van der Waals surface area contributed by atoms with Crippen molar-refractivity contribution in [2.75, 3.05) is 0 Å². The number of benzene rings is 1. The van der Waals surface area contributed by atoms with Crippen molar-refractivity contribution in [2.45, 2.75) is 39.8 Å². The van der Waals surface area contributed by atoms with Crippen LogP contribution in [0.1, 0.15) is 32.2 Å². The topological polar surface area (TPSA) is 93.7 Å². The molecule has 0 bridgehead atoms. The minimum absolute atomic E-state index is 0.0823. The van der Waals surface area contributed by atoms with Gasteiger partial charge in [0.05, 0.1) is 11.1 Å². The molecule has 138 valence electrons. The van der Waals surface area contributed by atoms with Crippen LogP contribution in [0.3, 0.4) is 0 Å². The highest BCUT2D eigenvalue weighted by Gasteiger charge is 2.21. The molecule has 3 rings (SSSR count). The van der Waals surface area contributed by atoms with E-state index in [1.165, 1.54) is 4.68 Å². The van der Waals surface area contributed by atoms with Gasteiger partial charge < -0.3 is 4.74 Å². The lowest BCUT2D eigenvalue weighted by Crippen LogP contribution is -2.26. The highest BCUT2D eigenvalue weighted by Crippen LogP contribution is 2.31. The number of carbonyl (C=O) groups is 1. The Bertz CT molecular complexity index is 1060. The zero-order chi connectivity index (χ0) is 19.8. The van der Waals surface area contributed by atoms with E-state index in [0.29, 0.717) is 21.5 Å². The Morgan fingerprint density at radius 2 is 1.93 bits per heavy atom. The van der Waals surface area contributed by atoms with Gasteiger partial charge in [0.25, 0.3) is 0 Å². The number of hydrogen-bond acceptors (Lipinski definition) is 6. The smallest absolute Gasteiger partial charge is 0.328 e. The van der Waals surface area contributed by atoms with E-state index >= 15 is 0 Å². The van der Waals surface area contributed by atoms with Crippen LogP contribution in [0.15, 0.2) is 29.1 Å². The van der Waals surface area contributed by atoms with Gasteiger partial charge in [0.2, 0.25) is 0 Å². The van der Waals surface area contributed by atoms with Crippen molar-refractivity contribution in [1.29, 1.82) is 5.26 Å². The molecule has 27 heavy (non-hydrogen) atoms. The van der Waals surface area contributed by atoms with E-state index in [0.717, 1.165) is 16.5 Å². The number of hydrogen-bond donors (Lipinski definition) is 0. The van der Waals surface area contributed by atoms with Gasteiger partial charge in [-0.05, 0) is 61.3 Å². The zero-order valence-corrected chi connectivity index (χ0v) is 17.0. The van der Waals surface area contributed by atoms with Crippen LogP contribution in [0, 0.1) is 18.3 Å². The maximum Gasteiger partial charge on any atom is 0.328 e. The molecule has 0 saturated carbocycles. The largest absolute Gasteiger partial charge is 0.459 e. The van der Waals surface area contributed by atoms with E-state index in [1.807, 2.05) is 13.0 Å². The summed E-state index contributed by atoms with van der Waals surface area (Å²) in [5.41, 5.74) is 1.99. The Kier molecular flexibility index (Phi) is 4.98. The number of esters is 1. The van der Waals surface area contributed by atoms with Crippen LogP contribution in [0.25, 0.3) is 22.0 Å². The fraction of sp³-hybridized carbons (Fsp3) is 0.316. The maximum atomic E-state index is 12.2. The molecule has 0 amide bonds. The third kappa shape index (κ3) is 4.14. The number of nitriles is 1. The molecular formula is C19H18BrN5O2. The third-order valence-corrected chi connectivity index (χ3v) is 4.32. The van der Waals surface area contributed by atoms with Gasteiger partial charge >= 0.3 is 5.97 Å². The van der Waals surface area contributed by atoms with Crippen molar-refractivity contribution in [2.24, 2.45) is 0 Å². The summed E-state index contributed by atoms with van der Waals surface area (Å²) < 4.78 is 7.40. The van der Waals surface area contributed by atoms with Crippen LogP contribution >= 0.6 is 15.9 Å². The maximum absolute atomic E-state index is 12.2. The van der Waals surface area contributed by atoms with Crippen LogP contribution in [-0.4, -0.2) is 31.3 Å². The van der Waals surface area contributed by atoms with E-state index < -0.39 is 11.6 Å². The summed E-state index contributed by atoms with van der Waals surface area (Å²) in [5, 5.41) is 14.7. The van der Waals surface area contributed by atoms with Crippen LogP contribution in [0.2, 0.25) is 0 Å². The normalized spacial score (nSPS) is 11.4. The van der Waals surface area contributed by atoms with Crippen LogP contribution in [0.4, 0.5) is 0 Å². The summed E-state index contributed by atoms with van der Waals surface area (Å²) in [6.45, 7) is 7.14. The molecule has 8 heteroatoms. The number of nitrogens with zero attached hydrogens (tertiary/aromatic N) is 5. The van der Waals surface area contributed by atoms with Gasteiger partial charge in [-0.3, -0.25) is 9.48 Å². The number of rotatable bonds is 3. The van der Waals surface area contributed by atoms with E-state index in [1.54, 1.807) is 39.2 Å². The highest BCUT2D eigenvalue weighted by molar-refractivity contribution is 9.10. The van der Waals surface area contributed by atoms with E-state index in [-0.39, 0.29) is 6.54 Å². The first kappa shape index (κ1) is 19.0. The molecule has 0 unspecified atom stereocenters. The Morgan fingerprint density at radius 3 is 2.52 bits per heavy atom. The Labute approximate surface area is 165 Å². The van der Waals surface area contributed by atoms with Crippen molar-refractivity contribution < 1.29 is 9.53 Å². The molecule has 0 spiro atoms. The summed E-state index contributed by atoms with van der Waals surface area (Å²) in [5.74, 6) is 0.256. The monoisotopic (exact) mass is 427 g/mol. The van der Waals surface area contributed by atoms with Gasteiger partial charge in [-0.2, -0.15) is 10.4 Å². The summed E-state index contributed by atoms with van der Waals surface area (Å²) >= 11 is 3.43. The molecule has 0 aliphatic rings. The molecule has 2 heterocycles. The molecule has 0 atom stereocenters. The number of carbonyl (C=O) groups excluding carboxylic acids is 1. The number of aromatic nitrogens is 4. The lowest BCUT2D eigenvalue weighted by Gasteiger charge is -2.19. The first-order valence-electron chi connectivity index (χ1n) is 8.29. The van der Waals surface area contributed by atoms with Crippen molar-refractivity contribution in [3.05, 3.63) is 40.5 Å². The summed E-state index contributed by atoms with van der Waals surface area (Å²) in [6.07, 6.45) is 3.42. The third-order valence-electron chi connectivity index (χ3n) is 3.73. The van der Waals surface area contributed by atoms with E-state index in [2.05, 4.69) is 37.1 Å². The van der Waals surface area contributed by atoms with Crippen molar-refractivity contribution in [3.63, 3.8) is 0 Å². The minimum Gasteiger partial charge on any atom is -0.459 e. The van der Waals surface area contributed by atoms with Crippen molar-refractivity contribution >= 4 is 32.8 Å². The molecular weight excluding hydrogens is 410 g/mol. The van der Waals surface area contributed by atoms with Crippen molar-refractivity contribution in [1.82, 2.24) is 19.7 Å². The molecule has 0 saturated heterocycles. The van der Waals surface area contributed by atoms with E-state index in [9.17, 15) is 10.1 Å². The van der Waals surface area contributed by atoms with Gasteiger partial charge in [-0.25, -0.2) is 9.97 Å². The molecule has 0 radical (unpaired) electrons. The second-order valence-corrected chi connectivity index (χ2v) is 7.84. The number of halogens is 1. The van der Waals surface area contributed by atoms with Gasteiger partial charge in [-0.15, -0.1) is 0 Å². The van der Waals surface area contributed by atoms with Gasteiger partial charge in [0.1, 0.15) is 28.6 Å². The van der Waals surface area contributed by atoms with Crippen LogP contribution < -0.4 is 0 Å². The SMILES string of the molecule is Cc1ncc(-c2cc(C#N)c3c(c2)c(Br)nn3CC(=O)OC(C)(C)C)cn1. The number of fused-ring (bicyclic) bond motifs is 1. The lowest BCUT2D eigenvalue weighted by molar-refractivity contribution is -0.155. The first-order valence-corrected chi connectivity index (χ1v) is 9.08. The molecule has 7 nitrogen and oxygen atoms in total. The fourth-order valence-corrected chi connectivity index (χ4v) is 3.18. The second kappa shape index (κ2) is 7.08. The number of ether oxygens (including phenoxy) is 1. The molecule has 3 aromatic rings. The van der Waals surface area contributed by atoms with Crippen LogP contribution in [-0.2, 0) is 16.1 Å². The highest BCUT2D eigenvalue weighted by atomic mass is 79.9. The molecule has 0 N–H and O–H groups in total.